The number of hydrazine groups is 1. The first-order valence-corrected chi connectivity index (χ1v) is 4.79. The van der Waals surface area contributed by atoms with Gasteiger partial charge in [-0.25, -0.2) is 0 Å². The van der Waals surface area contributed by atoms with Crippen LogP contribution in [0.3, 0.4) is 0 Å². The Kier molecular flexibility index (Phi) is 3.75. The topological polar surface area (TPSA) is 38.0 Å². The molecule has 1 aromatic heterocycles. The minimum absolute atomic E-state index is 0.139. The maximum Gasteiger partial charge on any atom is 0.0931 e. The number of hydrogen-bond acceptors (Lipinski definition) is 3. The van der Waals surface area contributed by atoms with Gasteiger partial charge in [-0.3, -0.25) is 11.3 Å². The van der Waals surface area contributed by atoms with Crippen LogP contribution < -0.4 is 11.3 Å². The summed E-state index contributed by atoms with van der Waals surface area (Å²) in [6.07, 6.45) is 2.64. The maximum atomic E-state index is 5.79. The molecule has 4 heteroatoms. The van der Waals surface area contributed by atoms with Gasteiger partial charge in [0.15, 0.2) is 0 Å². The largest absolute Gasteiger partial charge is 0.271 e. The molecule has 0 saturated heterocycles. The lowest BCUT2D eigenvalue weighted by molar-refractivity contribution is 0.570. The standard InChI is InChI=1S/C8H11ClN2S/c1-2-3-6(11-10)7-4-5-8(9)12-7/h2,4-6,11H,1,3,10H2. The molecule has 1 atom stereocenters. The molecule has 2 nitrogen and oxygen atoms in total. The van der Waals surface area contributed by atoms with Crippen LogP contribution in [0.25, 0.3) is 0 Å². The number of hydrogen-bond donors (Lipinski definition) is 2. The van der Waals surface area contributed by atoms with Crippen LogP contribution in [0.2, 0.25) is 4.34 Å². The Bertz CT molecular complexity index is 259. The van der Waals surface area contributed by atoms with E-state index < -0.39 is 0 Å². The lowest BCUT2D eigenvalue weighted by atomic mass is 10.2. The van der Waals surface area contributed by atoms with E-state index in [-0.39, 0.29) is 6.04 Å². The van der Waals surface area contributed by atoms with Crippen molar-refractivity contribution in [3.8, 4) is 0 Å². The quantitative estimate of drug-likeness (QED) is 0.447. The highest BCUT2D eigenvalue weighted by molar-refractivity contribution is 7.16. The minimum atomic E-state index is 0.139. The molecule has 0 radical (unpaired) electrons. The summed E-state index contributed by atoms with van der Waals surface area (Å²) >= 11 is 7.32. The SMILES string of the molecule is C=CCC(NN)c1ccc(Cl)s1. The fourth-order valence-electron chi connectivity index (χ4n) is 0.949. The van der Waals surface area contributed by atoms with Gasteiger partial charge in [0, 0.05) is 4.88 Å². The number of nitrogens with one attached hydrogen (secondary N) is 1. The molecule has 0 saturated carbocycles. The van der Waals surface area contributed by atoms with Gasteiger partial charge in [0.25, 0.3) is 0 Å². The van der Waals surface area contributed by atoms with Crippen LogP contribution in [-0.4, -0.2) is 0 Å². The molecule has 66 valence electrons. The van der Waals surface area contributed by atoms with E-state index in [0.29, 0.717) is 0 Å². The van der Waals surface area contributed by atoms with Crippen LogP contribution in [0.4, 0.5) is 0 Å². The second kappa shape index (κ2) is 4.62. The van der Waals surface area contributed by atoms with Gasteiger partial charge in [-0.15, -0.1) is 17.9 Å². The van der Waals surface area contributed by atoms with Crippen LogP contribution in [0.1, 0.15) is 17.3 Å². The van der Waals surface area contributed by atoms with Crippen LogP contribution in [0, 0.1) is 0 Å². The van der Waals surface area contributed by atoms with E-state index in [1.165, 1.54) is 11.3 Å². The molecule has 0 aliphatic rings. The Labute approximate surface area is 81.0 Å². The Morgan fingerprint density at radius 1 is 1.75 bits per heavy atom. The van der Waals surface area contributed by atoms with Gasteiger partial charge >= 0.3 is 0 Å². The highest BCUT2D eigenvalue weighted by Gasteiger charge is 2.09. The summed E-state index contributed by atoms with van der Waals surface area (Å²) in [5.41, 5.74) is 2.71. The molecule has 1 aromatic rings. The van der Waals surface area contributed by atoms with E-state index in [1.54, 1.807) is 0 Å². The van der Waals surface area contributed by atoms with Gasteiger partial charge in [-0.2, -0.15) is 0 Å². The predicted octanol–water partition coefficient (Wildman–Crippen LogP) is 2.48. The molecule has 12 heavy (non-hydrogen) atoms. The third-order valence-electron chi connectivity index (χ3n) is 1.54. The molecule has 1 rings (SSSR count). The first-order valence-electron chi connectivity index (χ1n) is 3.60. The van der Waals surface area contributed by atoms with Crippen molar-refractivity contribution in [3.63, 3.8) is 0 Å². The normalized spacial score (nSPS) is 12.8. The van der Waals surface area contributed by atoms with Crippen molar-refractivity contribution in [2.45, 2.75) is 12.5 Å². The van der Waals surface area contributed by atoms with Crippen LogP contribution in [0.15, 0.2) is 24.8 Å². The summed E-state index contributed by atoms with van der Waals surface area (Å²) in [7, 11) is 0. The Balaban J connectivity index is 2.72. The van der Waals surface area contributed by atoms with Crippen LogP contribution in [-0.2, 0) is 0 Å². The van der Waals surface area contributed by atoms with Gasteiger partial charge in [-0.05, 0) is 18.6 Å². The van der Waals surface area contributed by atoms with Crippen LogP contribution in [0.5, 0.6) is 0 Å². The highest BCUT2D eigenvalue weighted by atomic mass is 35.5. The van der Waals surface area contributed by atoms with E-state index in [0.717, 1.165) is 15.6 Å². The molecule has 0 aliphatic carbocycles. The van der Waals surface area contributed by atoms with Crippen molar-refractivity contribution >= 4 is 22.9 Å². The van der Waals surface area contributed by atoms with E-state index in [4.69, 9.17) is 17.4 Å². The predicted molar refractivity (Wildman–Crippen MR) is 54.2 cm³/mol. The van der Waals surface area contributed by atoms with Crippen molar-refractivity contribution in [2.24, 2.45) is 5.84 Å². The van der Waals surface area contributed by atoms with E-state index >= 15 is 0 Å². The fourth-order valence-corrected chi connectivity index (χ4v) is 2.08. The fraction of sp³-hybridized carbons (Fsp3) is 0.250. The van der Waals surface area contributed by atoms with Gasteiger partial charge < -0.3 is 0 Å². The van der Waals surface area contributed by atoms with Crippen molar-refractivity contribution in [1.82, 2.24) is 5.43 Å². The van der Waals surface area contributed by atoms with Crippen molar-refractivity contribution in [2.75, 3.05) is 0 Å². The third kappa shape index (κ3) is 2.32. The maximum absolute atomic E-state index is 5.79. The number of halogens is 1. The molecule has 0 fully saturated rings. The number of thiophene rings is 1. The number of nitrogens with two attached hydrogens (primary N) is 1. The molecule has 0 aliphatic heterocycles. The molecule has 3 N–H and O–H groups in total. The molecule has 0 amide bonds. The average molecular weight is 203 g/mol. The second-order valence-electron chi connectivity index (χ2n) is 2.39. The summed E-state index contributed by atoms with van der Waals surface area (Å²) in [5.74, 6) is 5.37. The molecular weight excluding hydrogens is 192 g/mol. The average Bonchev–Trinajstić information content (AvgIpc) is 2.47. The molecule has 1 unspecified atom stereocenters. The molecule has 1 heterocycles. The Morgan fingerprint density at radius 2 is 2.50 bits per heavy atom. The summed E-state index contributed by atoms with van der Waals surface area (Å²) in [6, 6.07) is 3.98. The van der Waals surface area contributed by atoms with E-state index in [2.05, 4.69) is 12.0 Å². The number of rotatable bonds is 4. The van der Waals surface area contributed by atoms with E-state index in [1.807, 2.05) is 18.2 Å². The summed E-state index contributed by atoms with van der Waals surface area (Å²) in [5, 5.41) is 0. The monoisotopic (exact) mass is 202 g/mol. The summed E-state index contributed by atoms with van der Waals surface area (Å²) < 4.78 is 0.786. The van der Waals surface area contributed by atoms with Gasteiger partial charge in [0.2, 0.25) is 0 Å². The van der Waals surface area contributed by atoms with Crippen molar-refractivity contribution in [3.05, 3.63) is 34.0 Å². The molecule has 0 spiro atoms. The highest BCUT2D eigenvalue weighted by Crippen LogP contribution is 2.28. The zero-order chi connectivity index (χ0) is 8.97. The summed E-state index contributed by atoms with van der Waals surface area (Å²) in [4.78, 5) is 1.14. The Morgan fingerprint density at radius 3 is 2.92 bits per heavy atom. The smallest absolute Gasteiger partial charge is 0.0931 e. The van der Waals surface area contributed by atoms with Crippen molar-refractivity contribution in [1.29, 1.82) is 0 Å². The van der Waals surface area contributed by atoms with Crippen LogP contribution >= 0.6 is 22.9 Å². The van der Waals surface area contributed by atoms with Gasteiger partial charge in [0.05, 0.1) is 10.4 Å². The van der Waals surface area contributed by atoms with Gasteiger partial charge in [0.1, 0.15) is 0 Å². The second-order valence-corrected chi connectivity index (χ2v) is 4.13. The molecule has 0 bridgehead atoms. The third-order valence-corrected chi connectivity index (χ3v) is 2.89. The lowest BCUT2D eigenvalue weighted by Gasteiger charge is -2.10. The first-order chi connectivity index (χ1) is 5.77. The summed E-state index contributed by atoms with van der Waals surface area (Å²) in [6.45, 7) is 3.66. The van der Waals surface area contributed by atoms with E-state index in [9.17, 15) is 0 Å². The van der Waals surface area contributed by atoms with Crippen molar-refractivity contribution < 1.29 is 0 Å². The molecule has 0 aromatic carbocycles. The first kappa shape index (κ1) is 9.74. The van der Waals surface area contributed by atoms with Gasteiger partial charge in [-0.1, -0.05) is 17.7 Å². The zero-order valence-corrected chi connectivity index (χ0v) is 8.16. The lowest BCUT2D eigenvalue weighted by Crippen LogP contribution is -2.26. The Hall–Kier alpha value is -0.350. The minimum Gasteiger partial charge on any atom is -0.271 e. The zero-order valence-electron chi connectivity index (χ0n) is 6.59. The molecular formula is C8H11ClN2S.